The van der Waals surface area contributed by atoms with Crippen LogP contribution in [0.15, 0.2) is 60.2 Å². The first kappa shape index (κ1) is 68.0. The van der Waals surface area contributed by atoms with E-state index in [2.05, 4.69) is 19.7 Å². The van der Waals surface area contributed by atoms with Gasteiger partial charge >= 0.3 is 17.9 Å². The number of ketones is 1. The SMILES string of the molecule is C=C(Cl)/C=C/[C@@H](O)CC(=C)C[C@H]1O[C@@H]2[C@H](C)[C@@H](OC(=O)C[C@H]3C[C@H](OC(C)=O)C[C@@]4(C[C@H](C)C[C@H](CC(=C)[C@@H](C)[C@H](OC(C)=O)[C@H](C)C(=O)C[C@@H]5C[C@H](OC)C[C@@]6(C[C@@H](O)C[C@H](/C=C\CCC[C@H]7O[C@](O)(C[C@H](O)[C@H]7C)[C@H]2O)O6)O5)O4)O3)[C@@H]1O. The Labute approximate surface area is 500 Å². The molecule has 7 rings (SSSR count). The highest BCUT2D eigenvalue weighted by Crippen LogP contribution is 2.47. The van der Waals surface area contributed by atoms with Gasteiger partial charge in [-0.05, 0) is 56.9 Å². The first-order valence-electron chi connectivity index (χ1n) is 30.3. The fourth-order valence-electron chi connectivity index (χ4n) is 14.1. The normalized spacial score (nSPS) is 44.0. The number of halogens is 1. The topological polar surface area (TPSA) is 282 Å². The zero-order valence-electron chi connectivity index (χ0n) is 50.4. The van der Waals surface area contributed by atoms with Crippen molar-refractivity contribution in [1.29, 1.82) is 0 Å². The number of aliphatic hydroxyl groups is 6. The smallest absolute Gasteiger partial charge is 0.308 e. The van der Waals surface area contributed by atoms with E-state index >= 15 is 0 Å². The molecule has 0 radical (unpaired) electrons. The van der Waals surface area contributed by atoms with Gasteiger partial charge in [0.15, 0.2) is 17.4 Å². The molecule has 0 aromatic heterocycles. The molecule has 7 heterocycles. The van der Waals surface area contributed by atoms with E-state index in [1.165, 1.54) is 26.0 Å². The number of hydrogen-bond donors (Lipinski definition) is 6. The minimum absolute atomic E-state index is 0.00817. The van der Waals surface area contributed by atoms with Gasteiger partial charge in [-0.25, -0.2) is 0 Å². The second-order valence-corrected chi connectivity index (χ2v) is 26.1. The lowest BCUT2D eigenvalue weighted by Gasteiger charge is -2.51. The number of allylic oxidation sites excluding steroid dienone is 3. The fourth-order valence-corrected chi connectivity index (χ4v) is 14.2. The molecule has 6 fully saturated rings. The molecule has 0 aromatic carbocycles. The second kappa shape index (κ2) is 29.2. The number of esters is 3. The van der Waals surface area contributed by atoms with Crippen LogP contribution >= 0.6 is 11.6 Å². The average molecular weight is 1210 g/mol. The Balaban J connectivity index is 1.21. The molecule has 84 heavy (non-hydrogen) atoms. The Morgan fingerprint density at radius 3 is 2.11 bits per heavy atom. The van der Waals surface area contributed by atoms with Crippen LogP contribution in [0.5, 0.6) is 0 Å². The summed E-state index contributed by atoms with van der Waals surface area (Å²) in [5.74, 6) is -9.96. The van der Waals surface area contributed by atoms with Crippen LogP contribution in [0.25, 0.3) is 0 Å². The molecule has 6 N–H and O–H groups in total. The van der Waals surface area contributed by atoms with Crippen LogP contribution in [0.2, 0.25) is 0 Å². The lowest BCUT2D eigenvalue weighted by Crippen LogP contribution is -2.65. The van der Waals surface area contributed by atoms with Crippen LogP contribution in [0.4, 0.5) is 0 Å². The number of fused-ring (bicyclic) bond motifs is 8. The van der Waals surface area contributed by atoms with Gasteiger partial charge in [0.05, 0.1) is 79.5 Å². The van der Waals surface area contributed by atoms with Crippen LogP contribution < -0.4 is 0 Å². The largest absolute Gasteiger partial charge is 0.462 e. The maximum absolute atomic E-state index is 14.4. The second-order valence-electron chi connectivity index (χ2n) is 25.6. The highest BCUT2D eigenvalue weighted by Gasteiger charge is 2.57. The van der Waals surface area contributed by atoms with Gasteiger partial charge in [-0.2, -0.15) is 0 Å². The number of hydrogen-bond acceptors (Lipinski definition) is 20. The third-order valence-corrected chi connectivity index (χ3v) is 18.4. The number of rotatable bonds is 9. The standard InChI is InChI=1S/C63H95ClO20/c1-33(19-43(67)18-17-36(4)64)21-54-56(72)58-40(8)59(78-54)60(73)63(74)32-52(70)38(6)53(84-63)16-14-12-13-15-45-23-44(68)29-62(80-45)30-49(75-11)24-47(82-62)26-51(69)39(7)57(77-42(10)66)37(5)35(3)22-46-20-34(2)28-61(81-46)31-50(76-41(9)65)25-48(83-61)27-55(71)79-58/h13,15,17-18,34,37-40,43-50,52-54,56-60,67-68,70,72-74H,1,3-4,12,14,16,19-32H2,2,5-11H3/b15-13-,18-17+/t34-,37-,38-,39-,40-,43-,44+,45+,46-,47+,48-,49+,50+,52+,53-,54-,56-,57+,58-,59-,60+,61-,62-,63-/m1/s1. The van der Waals surface area contributed by atoms with E-state index < -0.39 is 157 Å². The van der Waals surface area contributed by atoms with Crippen molar-refractivity contribution in [3.8, 4) is 0 Å². The van der Waals surface area contributed by atoms with Crippen LogP contribution in [0.1, 0.15) is 158 Å². The van der Waals surface area contributed by atoms with E-state index in [1.807, 2.05) is 26.0 Å². The molecule has 20 nitrogen and oxygen atoms in total. The molecule has 7 aliphatic rings. The fraction of sp³-hybridized carbons (Fsp3) is 0.778. The molecule has 2 spiro atoms. The summed E-state index contributed by atoms with van der Waals surface area (Å²) in [6.07, 6.45) is -6.00. The molecule has 0 aliphatic carbocycles. The van der Waals surface area contributed by atoms with Gasteiger partial charge in [-0.1, -0.05) is 95.3 Å². The third-order valence-electron chi connectivity index (χ3n) is 18.3. The minimum Gasteiger partial charge on any atom is -0.462 e. The van der Waals surface area contributed by atoms with E-state index in [4.69, 9.17) is 59.0 Å². The predicted octanol–water partition coefficient (Wildman–Crippen LogP) is 6.80. The molecule has 24 atom stereocenters. The van der Waals surface area contributed by atoms with Crippen LogP contribution in [0, 0.1) is 29.6 Å². The molecule has 0 amide bonds. The monoisotopic (exact) mass is 1210 g/mol. The van der Waals surface area contributed by atoms with Crippen molar-refractivity contribution in [2.45, 2.75) is 273 Å². The third kappa shape index (κ3) is 17.7. The van der Waals surface area contributed by atoms with Crippen molar-refractivity contribution in [2.75, 3.05) is 7.11 Å². The highest BCUT2D eigenvalue weighted by atomic mass is 35.5. The number of Topliss-reactive ketones (excluding diaryl/α,β-unsaturated/α-hetero) is 1. The van der Waals surface area contributed by atoms with E-state index in [0.29, 0.717) is 56.1 Å². The Bertz CT molecular complexity index is 2380. The molecule has 21 heteroatoms. The van der Waals surface area contributed by atoms with Crippen molar-refractivity contribution in [1.82, 2.24) is 0 Å². The Morgan fingerprint density at radius 1 is 0.798 bits per heavy atom. The molecule has 474 valence electrons. The average Bonchev–Trinajstić information content (AvgIpc) is 1.90. The van der Waals surface area contributed by atoms with Crippen molar-refractivity contribution in [2.24, 2.45) is 29.6 Å². The first-order chi connectivity index (χ1) is 39.5. The van der Waals surface area contributed by atoms with Crippen LogP contribution in [0.3, 0.4) is 0 Å². The molecule has 0 aromatic rings. The van der Waals surface area contributed by atoms with Gasteiger partial charge in [0, 0.05) is 102 Å². The van der Waals surface area contributed by atoms with E-state index in [-0.39, 0.29) is 80.6 Å². The first-order valence-corrected chi connectivity index (χ1v) is 30.7. The highest BCUT2D eigenvalue weighted by molar-refractivity contribution is 6.30. The zero-order chi connectivity index (χ0) is 61.6. The van der Waals surface area contributed by atoms with Crippen molar-refractivity contribution < 1.29 is 97.2 Å². The number of carbonyl (C=O) groups is 4. The number of aliphatic hydroxyl groups excluding tert-OH is 5. The van der Waals surface area contributed by atoms with Gasteiger partial charge in [0.2, 0.25) is 0 Å². The maximum atomic E-state index is 14.4. The van der Waals surface area contributed by atoms with Gasteiger partial charge in [-0.15, -0.1) is 0 Å². The number of methoxy groups -OCH3 is 1. The molecular weight excluding hydrogens is 1110 g/mol. The molecule has 7 aliphatic heterocycles. The van der Waals surface area contributed by atoms with Gasteiger partial charge in [0.1, 0.15) is 36.3 Å². The van der Waals surface area contributed by atoms with Gasteiger partial charge < -0.3 is 78.0 Å². The maximum Gasteiger partial charge on any atom is 0.308 e. The lowest BCUT2D eigenvalue weighted by molar-refractivity contribution is -0.350. The Kier molecular flexibility index (Phi) is 23.7. The van der Waals surface area contributed by atoms with Crippen LogP contribution in [-0.2, 0) is 66.5 Å². The van der Waals surface area contributed by atoms with Crippen LogP contribution in [-0.4, -0.2) is 176 Å². The minimum atomic E-state index is -2.38. The Morgan fingerprint density at radius 2 is 1.44 bits per heavy atom. The number of ether oxygens (including phenoxy) is 10. The lowest BCUT2D eigenvalue weighted by atomic mass is 9.78. The van der Waals surface area contributed by atoms with Crippen molar-refractivity contribution in [3.05, 3.63) is 60.2 Å². The summed E-state index contributed by atoms with van der Waals surface area (Å²) in [7, 11) is 1.59. The summed E-state index contributed by atoms with van der Waals surface area (Å²) in [6, 6.07) is 0. The Hall–Kier alpha value is -3.45. The summed E-state index contributed by atoms with van der Waals surface area (Å²) in [5.41, 5.74) is 1.08. The van der Waals surface area contributed by atoms with Crippen molar-refractivity contribution in [3.63, 3.8) is 0 Å². The molecule has 6 saturated heterocycles. The van der Waals surface area contributed by atoms with Gasteiger partial charge in [0.25, 0.3) is 0 Å². The summed E-state index contributed by atoms with van der Waals surface area (Å²) in [5, 5.41) is 70.6. The van der Waals surface area contributed by atoms with Gasteiger partial charge in [-0.3, -0.25) is 19.2 Å². The summed E-state index contributed by atoms with van der Waals surface area (Å²) in [6.45, 7) is 23.8. The molecular formula is C63H95ClO20. The molecule has 0 unspecified atom stereocenters. The summed E-state index contributed by atoms with van der Waals surface area (Å²) in [4.78, 5) is 54.3. The van der Waals surface area contributed by atoms with E-state index in [0.717, 1.165) is 0 Å². The zero-order valence-corrected chi connectivity index (χ0v) is 51.1. The molecule has 10 bridgehead atoms. The predicted molar refractivity (Wildman–Crippen MR) is 306 cm³/mol. The van der Waals surface area contributed by atoms with E-state index in [9.17, 15) is 49.8 Å². The van der Waals surface area contributed by atoms with Crippen molar-refractivity contribution >= 4 is 35.3 Å². The van der Waals surface area contributed by atoms with E-state index in [1.54, 1.807) is 27.9 Å². The quantitative estimate of drug-likeness (QED) is 0.0599. The molecule has 0 saturated carbocycles. The number of carbonyl (C=O) groups excluding carboxylic acids is 4. The summed E-state index contributed by atoms with van der Waals surface area (Å²) < 4.78 is 63.8. The summed E-state index contributed by atoms with van der Waals surface area (Å²) >= 11 is 5.89.